The minimum absolute atomic E-state index is 0.0194. The van der Waals surface area contributed by atoms with Crippen LogP contribution in [0, 0.1) is 11.7 Å². The summed E-state index contributed by atoms with van der Waals surface area (Å²) in [5, 5.41) is 14.2. The molecule has 0 spiro atoms. The lowest BCUT2D eigenvalue weighted by Gasteiger charge is -2.37. The number of imidazole rings is 1. The Kier molecular flexibility index (Phi) is 7.06. The van der Waals surface area contributed by atoms with Crippen LogP contribution in [0.5, 0.6) is 0 Å². The number of rotatable bonds is 5. The van der Waals surface area contributed by atoms with Crippen molar-refractivity contribution in [2.45, 2.75) is 63.7 Å². The van der Waals surface area contributed by atoms with Crippen LogP contribution < -0.4 is 5.32 Å². The van der Waals surface area contributed by atoms with Crippen LogP contribution in [-0.4, -0.2) is 87.0 Å². The van der Waals surface area contributed by atoms with Crippen molar-refractivity contribution in [1.29, 1.82) is 0 Å². The van der Waals surface area contributed by atoms with E-state index in [1.165, 1.54) is 19.4 Å². The van der Waals surface area contributed by atoms with Crippen molar-refractivity contribution in [2.24, 2.45) is 5.92 Å². The molecule has 3 saturated heterocycles. The summed E-state index contributed by atoms with van der Waals surface area (Å²) in [5.74, 6) is 0.367. The molecule has 214 valence electrons. The Morgan fingerprint density at radius 3 is 2.88 bits per heavy atom. The van der Waals surface area contributed by atoms with E-state index in [1.54, 1.807) is 4.90 Å². The number of aromatic nitrogens is 4. The molecule has 0 saturated carbocycles. The standard InChI is InChI=1S/C27H32ClFN6O5/c1-12(2)35-18-8-15(7-17(29)22(18)31-24(35)14-5-6-34(10-14)27(37)38-4)21-16(28)9-30-26(33-21)32-20-13(3)19-11-39-25(40-19)23(20)36/h7-9,12-14,19-20,23,25,36H,5-6,10-11H2,1-4H3,(H,30,32,33)/t13-,14-,19-,20-,23+,25-/m1/s1. The minimum atomic E-state index is -0.908. The molecular weight excluding hydrogens is 543 g/mol. The van der Waals surface area contributed by atoms with Crippen molar-refractivity contribution in [3.63, 3.8) is 0 Å². The number of amides is 1. The maximum absolute atomic E-state index is 15.6. The molecule has 2 N–H and O–H groups in total. The van der Waals surface area contributed by atoms with Gasteiger partial charge in [0.2, 0.25) is 5.95 Å². The maximum atomic E-state index is 15.6. The fourth-order valence-corrected chi connectivity index (χ4v) is 6.22. The quantitative estimate of drug-likeness (QED) is 0.466. The zero-order chi connectivity index (χ0) is 28.3. The first kappa shape index (κ1) is 27.1. The number of fused-ring (bicyclic) bond motifs is 3. The highest BCUT2D eigenvalue weighted by molar-refractivity contribution is 6.33. The second kappa shape index (κ2) is 10.4. The van der Waals surface area contributed by atoms with Gasteiger partial charge in [-0.2, -0.15) is 0 Å². The van der Waals surface area contributed by atoms with Crippen molar-refractivity contribution in [3.05, 3.63) is 35.0 Å². The number of halogens is 2. The van der Waals surface area contributed by atoms with E-state index in [1.807, 2.05) is 31.4 Å². The van der Waals surface area contributed by atoms with Crippen molar-refractivity contribution < 1.29 is 28.5 Å². The van der Waals surface area contributed by atoms with Crippen LogP contribution in [0.2, 0.25) is 5.02 Å². The van der Waals surface area contributed by atoms with Gasteiger partial charge in [-0.3, -0.25) is 0 Å². The summed E-state index contributed by atoms with van der Waals surface area (Å²) < 4.78 is 33.7. The molecule has 0 aliphatic carbocycles. The number of nitrogens with zero attached hydrogens (tertiary/aromatic N) is 5. The number of ether oxygens (including phenoxy) is 3. The van der Waals surface area contributed by atoms with Gasteiger partial charge in [0.1, 0.15) is 17.4 Å². The SMILES string of the molecule is COC(=O)N1CC[C@@H](c2nc3c(F)cc(-c4nc(N[C@@H]5[C@H](C)[C@H]6CO[C@H](O6)[C@H]5O)ncc4Cl)cc3n2C(C)C)C1. The van der Waals surface area contributed by atoms with Gasteiger partial charge in [0.15, 0.2) is 12.1 Å². The molecule has 2 aromatic heterocycles. The molecule has 0 radical (unpaired) electrons. The van der Waals surface area contributed by atoms with Gasteiger partial charge in [-0.25, -0.2) is 24.1 Å². The van der Waals surface area contributed by atoms with E-state index in [0.29, 0.717) is 42.9 Å². The van der Waals surface area contributed by atoms with Crippen molar-refractivity contribution in [2.75, 3.05) is 32.1 Å². The average Bonchev–Trinajstić information content (AvgIpc) is 3.68. The van der Waals surface area contributed by atoms with Crippen LogP contribution in [0.25, 0.3) is 22.3 Å². The molecule has 3 aromatic rings. The summed E-state index contributed by atoms with van der Waals surface area (Å²) in [6, 6.07) is 2.78. The topological polar surface area (TPSA) is 124 Å². The Morgan fingerprint density at radius 1 is 1.32 bits per heavy atom. The molecule has 3 aliphatic heterocycles. The van der Waals surface area contributed by atoms with Gasteiger partial charge in [0.25, 0.3) is 0 Å². The number of benzene rings is 1. The predicted octanol–water partition coefficient (Wildman–Crippen LogP) is 3.96. The Balaban J connectivity index is 1.35. The molecule has 3 aliphatic rings. The summed E-state index contributed by atoms with van der Waals surface area (Å²) in [6.07, 6.45) is 0.0335. The van der Waals surface area contributed by atoms with Crippen LogP contribution in [0.3, 0.4) is 0 Å². The Bertz CT molecular complexity index is 1440. The largest absolute Gasteiger partial charge is 0.453 e. The summed E-state index contributed by atoms with van der Waals surface area (Å²) in [7, 11) is 1.36. The normalized spacial score (nSPS) is 28.1. The fourth-order valence-electron chi connectivity index (χ4n) is 6.02. The molecule has 1 aromatic carbocycles. The second-order valence-corrected chi connectivity index (χ2v) is 11.4. The molecule has 1 amide bonds. The highest BCUT2D eigenvalue weighted by atomic mass is 35.5. The smallest absolute Gasteiger partial charge is 0.409 e. The Morgan fingerprint density at radius 2 is 2.12 bits per heavy atom. The van der Waals surface area contributed by atoms with E-state index in [4.69, 9.17) is 30.8 Å². The van der Waals surface area contributed by atoms with E-state index in [9.17, 15) is 9.90 Å². The number of methoxy groups -OCH3 is 1. The monoisotopic (exact) mass is 574 g/mol. The summed E-state index contributed by atoms with van der Waals surface area (Å²) in [6.45, 7) is 7.41. The molecule has 13 heteroatoms. The third-order valence-electron chi connectivity index (χ3n) is 8.13. The minimum Gasteiger partial charge on any atom is -0.453 e. The Hall–Kier alpha value is -3.06. The summed E-state index contributed by atoms with van der Waals surface area (Å²) in [4.78, 5) is 27.3. The molecule has 0 unspecified atom stereocenters. The average molecular weight is 575 g/mol. The number of likely N-dealkylation sites (tertiary alicyclic amines) is 1. The van der Waals surface area contributed by atoms with Crippen LogP contribution in [-0.2, 0) is 14.2 Å². The fraction of sp³-hybridized carbons (Fsp3) is 0.556. The maximum Gasteiger partial charge on any atom is 0.409 e. The highest BCUT2D eigenvalue weighted by Gasteiger charge is 2.48. The van der Waals surface area contributed by atoms with Gasteiger partial charge < -0.3 is 34.1 Å². The second-order valence-electron chi connectivity index (χ2n) is 10.9. The Labute approximate surface area is 235 Å². The van der Waals surface area contributed by atoms with Crippen molar-refractivity contribution in [3.8, 4) is 11.3 Å². The van der Waals surface area contributed by atoms with Gasteiger partial charge >= 0.3 is 6.09 Å². The van der Waals surface area contributed by atoms with Gasteiger partial charge in [-0.05, 0) is 32.4 Å². The third kappa shape index (κ3) is 4.56. The summed E-state index contributed by atoms with van der Waals surface area (Å²) in [5.41, 5.74) is 1.69. The number of hydrogen-bond donors (Lipinski definition) is 2. The molecular formula is C27H32ClFN6O5. The van der Waals surface area contributed by atoms with E-state index in [0.717, 1.165) is 5.82 Å². The lowest BCUT2D eigenvalue weighted by Crippen LogP contribution is -2.53. The zero-order valence-electron chi connectivity index (χ0n) is 22.7. The number of aliphatic hydroxyl groups is 1. The molecule has 3 fully saturated rings. The molecule has 6 atom stereocenters. The molecule has 6 rings (SSSR count). The van der Waals surface area contributed by atoms with Crippen LogP contribution in [0.15, 0.2) is 18.3 Å². The number of carbonyl (C=O) groups is 1. The van der Waals surface area contributed by atoms with Gasteiger partial charge in [0, 0.05) is 36.5 Å². The first-order valence-electron chi connectivity index (χ1n) is 13.4. The van der Waals surface area contributed by atoms with Gasteiger partial charge in [-0.15, -0.1) is 0 Å². The number of aliphatic hydroxyl groups excluding tert-OH is 1. The summed E-state index contributed by atoms with van der Waals surface area (Å²) >= 11 is 6.52. The van der Waals surface area contributed by atoms with E-state index < -0.39 is 24.3 Å². The van der Waals surface area contributed by atoms with E-state index in [-0.39, 0.29) is 46.6 Å². The van der Waals surface area contributed by atoms with Gasteiger partial charge in [0.05, 0.1) is 48.3 Å². The zero-order valence-corrected chi connectivity index (χ0v) is 23.4. The molecule has 40 heavy (non-hydrogen) atoms. The lowest BCUT2D eigenvalue weighted by molar-refractivity contribution is -0.170. The van der Waals surface area contributed by atoms with E-state index >= 15 is 4.39 Å². The predicted molar refractivity (Wildman–Crippen MR) is 145 cm³/mol. The van der Waals surface area contributed by atoms with Crippen LogP contribution >= 0.6 is 11.6 Å². The highest BCUT2D eigenvalue weighted by Crippen LogP contribution is 2.37. The first-order chi connectivity index (χ1) is 19.2. The molecule has 5 heterocycles. The number of carbonyl (C=O) groups excluding carboxylic acids is 1. The third-order valence-corrected chi connectivity index (χ3v) is 8.40. The van der Waals surface area contributed by atoms with E-state index in [2.05, 4.69) is 15.3 Å². The van der Waals surface area contributed by atoms with Crippen molar-refractivity contribution >= 4 is 34.7 Å². The first-order valence-corrected chi connectivity index (χ1v) is 13.8. The lowest BCUT2D eigenvalue weighted by atomic mass is 9.90. The molecule has 2 bridgehead atoms. The molecule has 11 nitrogen and oxygen atoms in total. The number of anilines is 1. The number of nitrogens with one attached hydrogen (secondary N) is 1. The van der Waals surface area contributed by atoms with Crippen LogP contribution in [0.1, 0.15) is 45.0 Å². The van der Waals surface area contributed by atoms with Crippen LogP contribution in [0.4, 0.5) is 15.1 Å². The number of hydrogen-bond acceptors (Lipinski definition) is 9. The van der Waals surface area contributed by atoms with Crippen molar-refractivity contribution in [1.82, 2.24) is 24.4 Å². The van der Waals surface area contributed by atoms with Gasteiger partial charge in [-0.1, -0.05) is 18.5 Å².